The lowest BCUT2D eigenvalue weighted by atomic mass is 9.99. The summed E-state index contributed by atoms with van der Waals surface area (Å²) in [6.07, 6.45) is -0.284. The Balaban J connectivity index is 1.08. The van der Waals surface area contributed by atoms with Crippen LogP contribution in [0.1, 0.15) is 45.7 Å². The molecule has 0 radical (unpaired) electrons. The van der Waals surface area contributed by atoms with Gasteiger partial charge in [0.2, 0.25) is 5.75 Å². The number of oxime groups is 1. The van der Waals surface area contributed by atoms with Crippen LogP contribution in [0.2, 0.25) is 5.02 Å². The standard InChI is InChI=1S/C36H36ClN3O9/c1-42-27-10-6-20(26-19-29(49-40-26)22-16-32(44-3)34(46-5)33(17-22)45-4)14-31(27)48-13-12-47-28-11-7-21(15-30(28)43-2)35-38-25-9-8-23(37)18-24(25)36(41)39-35/h6-11,14-18,29,35,38H,12-13,19H2,1-5H3,(H,39,41). The number of hydrogen-bond donors (Lipinski definition) is 2. The minimum absolute atomic E-state index is 0.219. The fourth-order valence-corrected chi connectivity index (χ4v) is 5.84. The Hall–Kier alpha value is -5.49. The molecule has 0 aromatic heterocycles. The van der Waals surface area contributed by atoms with Crippen LogP contribution in [0.25, 0.3) is 0 Å². The van der Waals surface area contributed by atoms with Crippen LogP contribution in [0.4, 0.5) is 5.69 Å². The van der Waals surface area contributed by atoms with Gasteiger partial charge in [-0.05, 0) is 66.2 Å². The Morgan fingerprint density at radius 2 is 1.39 bits per heavy atom. The van der Waals surface area contributed by atoms with Crippen molar-refractivity contribution in [3.05, 3.63) is 94.0 Å². The molecule has 2 heterocycles. The summed E-state index contributed by atoms with van der Waals surface area (Å²) in [5.41, 5.74) is 4.40. The van der Waals surface area contributed by atoms with E-state index in [1.165, 1.54) is 0 Å². The highest BCUT2D eigenvalue weighted by molar-refractivity contribution is 6.31. The number of ether oxygens (including phenoxy) is 7. The Kier molecular flexibility index (Phi) is 10.0. The Morgan fingerprint density at radius 1 is 0.714 bits per heavy atom. The van der Waals surface area contributed by atoms with Crippen molar-refractivity contribution < 1.29 is 42.8 Å². The highest BCUT2D eigenvalue weighted by Gasteiger charge is 2.28. The van der Waals surface area contributed by atoms with Crippen molar-refractivity contribution in [2.24, 2.45) is 5.16 Å². The molecular formula is C36H36ClN3O9. The molecule has 0 bridgehead atoms. The molecule has 0 fully saturated rings. The Morgan fingerprint density at radius 3 is 2.08 bits per heavy atom. The summed E-state index contributed by atoms with van der Waals surface area (Å²) in [6, 6.07) is 19.9. The van der Waals surface area contributed by atoms with Gasteiger partial charge in [-0.25, -0.2) is 0 Å². The molecule has 4 aromatic rings. The highest BCUT2D eigenvalue weighted by atomic mass is 35.5. The van der Waals surface area contributed by atoms with E-state index in [0.717, 1.165) is 22.4 Å². The van der Waals surface area contributed by atoms with Gasteiger partial charge in [0.25, 0.3) is 5.91 Å². The number of carbonyl (C=O) groups is 1. The van der Waals surface area contributed by atoms with Gasteiger partial charge in [-0.2, -0.15) is 0 Å². The monoisotopic (exact) mass is 689 g/mol. The summed E-state index contributed by atoms with van der Waals surface area (Å²) in [6.45, 7) is 0.449. The van der Waals surface area contributed by atoms with E-state index >= 15 is 0 Å². The zero-order chi connectivity index (χ0) is 34.5. The number of nitrogens with one attached hydrogen (secondary N) is 2. The van der Waals surface area contributed by atoms with Crippen LogP contribution in [0, 0.1) is 0 Å². The van der Waals surface area contributed by atoms with Gasteiger partial charge in [-0.3, -0.25) is 4.79 Å². The Bertz CT molecular complexity index is 1860. The average Bonchev–Trinajstić information content (AvgIpc) is 3.63. The summed E-state index contributed by atoms with van der Waals surface area (Å²) in [4.78, 5) is 18.5. The minimum Gasteiger partial charge on any atom is -0.493 e. The van der Waals surface area contributed by atoms with E-state index < -0.39 is 6.17 Å². The number of fused-ring (bicyclic) bond motifs is 1. The SMILES string of the molecule is COc1cc(C2NC(=O)c3cc(Cl)ccc3N2)ccc1OCCOc1cc(C2=NOC(c3cc(OC)c(OC)c(OC)c3)C2)ccc1OC. The van der Waals surface area contributed by atoms with Crippen LogP contribution in [-0.4, -0.2) is 60.4 Å². The largest absolute Gasteiger partial charge is 0.493 e. The molecule has 0 saturated carbocycles. The van der Waals surface area contributed by atoms with Crippen molar-refractivity contribution in [3.63, 3.8) is 0 Å². The molecule has 2 atom stereocenters. The normalized spacial score (nSPS) is 16.3. The molecule has 0 spiro atoms. The van der Waals surface area contributed by atoms with E-state index in [4.69, 9.17) is 49.6 Å². The number of hydrogen-bond acceptors (Lipinski definition) is 11. The summed E-state index contributed by atoms with van der Waals surface area (Å²) >= 11 is 6.06. The molecule has 6 rings (SSSR count). The highest BCUT2D eigenvalue weighted by Crippen LogP contribution is 2.42. The molecule has 256 valence electrons. The zero-order valence-electron chi connectivity index (χ0n) is 27.6. The van der Waals surface area contributed by atoms with Gasteiger partial charge in [0.1, 0.15) is 19.4 Å². The molecule has 0 aliphatic carbocycles. The number of anilines is 1. The third-order valence-corrected chi connectivity index (χ3v) is 8.38. The third-order valence-electron chi connectivity index (χ3n) is 8.15. The summed E-state index contributed by atoms with van der Waals surface area (Å²) in [7, 11) is 7.85. The lowest BCUT2D eigenvalue weighted by Crippen LogP contribution is -2.38. The molecule has 2 unspecified atom stereocenters. The van der Waals surface area contributed by atoms with E-state index in [-0.39, 0.29) is 25.2 Å². The van der Waals surface area contributed by atoms with Gasteiger partial charge < -0.3 is 48.6 Å². The molecule has 2 N–H and O–H groups in total. The fourth-order valence-electron chi connectivity index (χ4n) is 5.67. The quantitative estimate of drug-likeness (QED) is 0.149. The van der Waals surface area contributed by atoms with Crippen LogP contribution < -0.4 is 43.8 Å². The second-order valence-corrected chi connectivity index (χ2v) is 11.4. The van der Waals surface area contributed by atoms with Crippen molar-refractivity contribution >= 4 is 28.9 Å². The van der Waals surface area contributed by atoms with E-state index in [1.807, 2.05) is 42.5 Å². The number of benzene rings is 4. The number of nitrogens with zero attached hydrogens (tertiary/aromatic N) is 1. The van der Waals surface area contributed by atoms with Gasteiger partial charge in [0.15, 0.2) is 40.6 Å². The summed E-state index contributed by atoms with van der Waals surface area (Å²) in [5, 5.41) is 11.1. The second kappa shape index (κ2) is 14.7. The van der Waals surface area contributed by atoms with Crippen LogP contribution in [0.15, 0.2) is 71.9 Å². The third kappa shape index (κ3) is 7.05. The predicted molar refractivity (Wildman–Crippen MR) is 183 cm³/mol. The molecule has 0 saturated heterocycles. The number of amides is 1. The first-order chi connectivity index (χ1) is 23.8. The topological polar surface area (TPSA) is 127 Å². The first kappa shape index (κ1) is 33.4. The maximum atomic E-state index is 12.7. The lowest BCUT2D eigenvalue weighted by Gasteiger charge is -2.28. The van der Waals surface area contributed by atoms with E-state index in [0.29, 0.717) is 62.9 Å². The summed E-state index contributed by atoms with van der Waals surface area (Å²) < 4.78 is 39.7. The van der Waals surface area contributed by atoms with Crippen LogP contribution in [0.3, 0.4) is 0 Å². The first-order valence-electron chi connectivity index (χ1n) is 15.4. The smallest absolute Gasteiger partial charge is 0.255 e. The van der Waals surface area contributed by atoms with Crippen LogP contribution in [0.5, 0.6) is 40.2 Å². The van der Waals surface area contributed by atoms with Crippen molar-refractivity contribution in [2.45, 2.75) is 18.7 Å². The molecule has 1 amide bonds. The van der Waals surface area contributed by atoms with E-state index in [1.54, 1.807) is 59.8 Å². The van der Waals surface area contributed by atoms with Gasteiger partial charge in [-0.1, -0.05) is 22.8 Å². The number of rotatable bonds is 13. The molecular weight excluding hydrogens is 654 g/mol. The van der Waals surface area contributed by atoms with Gasteiger partial charge in [0.05, 0.1) is 46.8 Å². The fraction of sp³-hybridized carbons (Fsp3) is 0.278. The molecule has 13 heteroatoms. The van der Waals surface area contributed by atoms with E-state index in [2.05, 4.69) is 15.8 Å². The number of methoxy groups -OCH3 is 5. The molecule has 49 heavy (non-hydrogen) atoms. The maximum absolute atomic E-state index is 12.7. The van der Waals surface area contributed by atoms with Crippen molar-refractivity contribution in [1.29, 1.82) is 0 Å². The van der Waals surface area contributed by atoms with E-state index in [9.17, 15) is 4.79 Å². The second-order valence-electron chi connectivity index (χ2n) is 11.0. The number of halogens is 1. The van der Waals surface area contributed by atoms with Gasteiger partial charge >= 0.3 is 0 Å². The lowest BCUT2D eigenvalue weighted by molar-refractivity contribution is 0.0853. The van der Waals surface area contributed by atoms with Crippen molar-refractivity contribution in [2.75, 3.05) is 54.1 Å². The number of carbonyl (C=O) groups excluding carboxylic acids is 1. The average molecular weight is 690 g/mol. The zero-order valence-corrected chi connectivity index (χ0v) is 28.4. The van der Waals surface area contributed by atoms with Crippen molar-refractivity contribution in [3.8, 4) is 40.2 Å². The van der Waals surface area contributed by atoms with Gasteiger partial charge in [-0.15, -0.1) is 0 Å². The summed E-state index contributed by atoms with van der Waals surface area (Å²) in [5.74, 6) is 3.50. The van der Waals surface area contributed by atoms with Crippen molar-refractivity contribution in [1.82, 2.24) is 5.32 Å². The van der Waals surface area contributed by atoms with Crippen LogP contribution >= 0.6 is 11.6 Å². The first-order valence-corrected chi connectivity index (χ1v) is 15.7. The predicted octanol–water partition coefficient (Wildman–Crippen LogP) is 6.56. The van der Waals surface area contributed by atoms with Gasteiger partial charge in [0, 0.05) is 28.3 Å². The molecule has 2 aliphatic rings. The minimum atomic E-state index is -0.459. The maximum Gasteiger partial charge on any atom is 0.255 e. The van der Waals surface area contributed by atoms with Crippen LogP contribution in [-0.2, 0) is 4.84 Å². The molecule has 2 aliphatic heterocycles. The molecule has 4 aromatic carbocycles. The molecule has 12 nitrogen and oxygen atoms in total. The Labute approximate surface area is 288 Å².